The van der Waals surface area contributed by atoms with E-state index >= 15 is 0 Å². The van der Waals surface area contributed by atoms with Crippen LogP contribution in [0.25, 0.3) is 6.08 Å². The largest absolute Gasteiger partial charge is 0.399 e. The maximum atomic E-state index is 10.3. The Balaban J connectivity index is 2.97. The van der Waals surface area contributed by atoms with Crippen molar-refractivity contribution < 1.29 is 4.79 Å². The number of anilines is 1. The Morgan fingerprint density at radius 3 is 2.83 bits per heavy atom. The Morgan fingerprint density at radius 1 is 1.50 bits per heavy atom. The number of aldehydes is 1. The van der Waals surface area contributed by atoms with Gasteiger partial charge >= 0.3 is 0 Å². The van der Waals surface area contributed by atoms with Gasteiger partial charge in [0.25, 0.3) is 0 Å². The highest BCUT2D eigenvalue weighted by Gasteiger charge is 1.89. The molecule has 0 saturated heterocycles. The molecule has 0 aliphatic rings. The van der Waals surface area contributed by atoms with Crippen molar-refractivity contribution in [3.63, 3.8) is 0 Å². The van der Waals surface area contributed by atoms with Gasteiger partial charge in [0.15, 0.2) is 0 Å². The van der Waals surface area contributed by atoms with Crippen LogP contribution in [0.2, 0.25) is 0 Å². The van der Waals surface area contributed by atoms with E-state index in [0.29, 0.717) is 11.3 Å². The smallest absolute Gasteiger partial charge is 0.145 e. The first-order chi connectivity index (χ1) is 5.72. The Hall–Kier alpha value is -1.57. The van der Waals surface area contributed by atoms with Crippen LogP contribution < -0.4 is 5.73 Å². The normalized spacial score (nSPS) is 11.2. The summed E-state index contributed by atoms with van der Waals surface area (Å²) in [5, 5.41) is 0. The van der Waals surface area contributed by atoms with Crippen molar-refractivity contribution in [2.75, 3.05) is 5.73 Å². The lowest BCUT2D eigenvalue weighted by atomic mass is 10.1. The first-order valence-corrected chi connectivity index (χ1v) is 3.71. The van der Waals surface area contributed by atoms with E-state index in [1.807, 2.05) is 24.3 Å². The maximum Gasteiger partial charge on any atom is 0.145 e. The van der Waals surface area contributed by atoms with Crippen LogP contribution in [0.5, 0.6) is 0 Å². The number of rotatable bonds is 2. The highest BCUT2D eigenvalue weighted by molar-refractivity contribution is 5.81. The molecule has 62 valence electrons. The molecular weight excluding hydrogens is 150 g/mol. The first kappa shape index (κ1) is 8.53. The Kier molecular flexibility index (Phi) is 2.64. The second-order valence-electron chi connectivity index (χ2n) is 2.68. The highest BCUT2D eigenvalue weighted by atomic mass is 16.1. The third-order valence-corrected chi connectivity index (χ3v) is 1.49. The van der Waals surface area contributed by atoms with Gasteiger partial charge < -0.3 is 5.73 Å². The van der Waals surface area contributed by atoms with E-state index in [9.17, 15) is 4.79 Å². The topological polar surface area (TPSA) is 43.1 Å². The fourth-order valence-corrected chi connectivity index (χ4v) is 0.946. The standard InChI is InChI=1S/C10H11NO/c1-8(7-12)5-9-3-2-4-10(11)6-9/h2-7H,11H2,1H3/b8-5+. The van der Waals surface area contributed by atoms with Gasteiger partial charge in [-0.15, -0.1) is 0 Å². The van der Waals surface area contributed by atoms with E-state index in [1.54, 1.807) is 13.0 Å². The molecule has 0 heterocycles. The van der Waals surface area contributed by atoms with E-state index in [0.717, 1.165) is 11.8 Å². The molecule has 0 unspecified atom stereocenters. The molecule has 1 aromatic rings. The molecule has 0 atom stereocenters. The van der Waals surface area contributed by atoms with Gasteiger partial charge in [0.2, 0.25) is 0 Å². The van der Waals surface area contributed by atoms with Gasteiger partial charge in [0.05, 0.1) is 0 Å². The van der Waals surface area contributed by atoms with Crippen molar-refractivity contribution >= 4 is 18.0 Å². The number of nitrogen functional groups attached to an aromatic ring is 1. The lowest BCUT2D eigenvalue weighted by Crippen LogP contribution is -1.84. The number of nitrogens with two attached hydrogens (primary N) is 1. The summed E-state index contributed by atoms with van der Waals surface area (Å²) >= 11 is 0. The summed E-state index contributed by atoms with van der Waals surface area (Å²) in [5.41, 5.74) is 7.92. The van der Waals surface area contributed by atoms with Crippen molar-refractivity contribution in [3.8, 4) is 0 Å². The van der Waals surface area contributed by atoms with Gasteiger partial charge in [0.1, 0.15) is 6.29 Å². The van der Waals surface area contributed by atoms with Crippen LogP contribution in [-0.4, -0.2) is 6.29 Å². The summed E-state index contributed by atoms with van der Waals surface area (Å²) in [6.45, 7) is 1.76. The van der Waals surface area contributed by atoms with Crippen molar-refractivity contribution in [2.45, 2.75) is 6.92 Å². The van der Waals surface area contributed by atoms with Gasteiger partial charge in [-0.05, 0) is 36.3 Å². The number of allylic oxidation sites excluding steroid dienone is 1. The summed E-state index contributed by atoms with van der Waals surface area (Å²) < 4.78 is 0. The van der Waals surface area contributed by atoms with Crippen molar-refractivity contribution in [1.29, 1.82) is 0 Å². The second kappa shape index (κ2) is 3.72. The molecule has 0 fully saturated rings. The van der Waals surface area contributed by atoms with Crippen molar-refractivity contribution in [2.24, 2.45) is 0 Å². The average Bonchev–Trinajstić information content (AvgIpc) is 2.04. The third kappa shape index (κ3) is 2.23. The van der Waals surface area contributed by atoms with Gasteiger partial charge in [-0.3, -0.25) is 4.79 Å². The minimum Gasteiger partial charge on any atom is -0.399 e. The zero-order valence-electron chi connectivity index (χ0n) is 6.95. The molecule has 0 aromatic heterocycles. The predicted molar refractivity (Wildman–Crippen MR) is 50.6 cm³/mol. The van der Waals surface area contributed by atoms with E-state index in [1.165, 1.54) is 0 Å². The zero-order chi connectivity index (χ0) is 8.97. The average molecular weight is 161 g/mol. The van der Waals surface area contributed by atoms with Crippen LogP contribution in [0.3, 0.4) is 0 Å². The second-order valence-corrected chi connectivity index (χ2v) is 2.68. The molecule has 2 heteroatoms. The molecule has 1 rings (SSSR count). The number of carbonyl (C=O) groups is 1. The van der Waals surface area contributed by atoms with E-state index in [2.05, 4.69) is 0 Å². The SMILES string of the molecule is C/C(C=O)=C\c1cccc(N)c1. The van der Waals surface area contributed by atoms with Crippen LogP contribution in [0.15, 0.2) is 29.8 Å². The summed E-state index contributed by atoms with van der Waals surface area (Å²) in [6, 6.07) is 7.41. The van der Waals surface area contributed by atoms with Gasteiger partial charge in [-0.25, -0.2) is 0 Å². The van der Waals surface area contributed by atoms with Crippen LogP contribution in [0.4, 0.5) is 5.69 Å². The van der Waals surface area contributed by atoms with Gasteiger partial charge in [0, 0.05) is 5.69 Å². The molecule has 0 spiro atoms. The third-order valence-electron chi connectivity index (χ3n) is 1.49. The Bertz CT molecular complexity index is 315. The molecule has 0 radical (unpaired) electrons. The molecule has 2 N–H and O–H groups in total. The molecule has 0 aliphatic carbocycles. The minimum atomic E-state index is 0.695. The van der Waals surface area contributed by atoms with Crippen LogP contribution in [0.1, 0.15) is 12.5 Å². The predicted octanol–water partition coefficient (Wildman–Crippen LogP) is 1.87. The molecule has 1 aromatic carbocycles. The number of carbonyl (C=O) groups excluding carboxylic acids is 1. The summed E-state index contributed by atoms with van der Waals surface area (Å²) in [5.74, 6) is 0. The fraction of sp³-hybridized carbons (Fsp3) is 0.100. The van der Waals surface area contributed by atoms with Crippen LogP contribution >= 0.6 is 0 Å². The summed E-state index contributed by atoms with van der Waals surface area (Å²) in [7, 11) is 0. The van der Waals surface area contributed by atoms with Gasteiger partial charge in [-0.2, -0.15) is 0 Å². The van der Waals surface area contributed by atoms with Crippen molar-refractivity contribution in [3.05, 3.63) is 35.4 Å². The maximum absolute atomic E-state index is 10.3. The lowest BCUT2D eigenvalue weighted by Gasteiger charge is -1.95. The zero-order valence-corrected chi connectivity index (χ0v) is 6.95. The quantitative estimate of drug-likeness (QED) is 0.409. The molecular formula is C10H11NO. The highest BCUT2D eigenvalue weighted by Crippen LogP contribution is 2.09. The molecule has 12 heavy (non-hydrogen) atoms. The molecule has 2 nitrogen and oxygen atoms in total. The van der Waals surface area contributed by atoms with E-state index in [4.69, 9.17) is 5.73 Å². The number of hydrogen-bond donors (Lipinski definition) is 1. The Morgan fingerprint density at radius 2 is 2.25 bits per heavy atom. The van der Waals surface area contributed by atoms with Crippen LogP contribution in [0, 0.1) is 0 Å². The Labute approximate surface area is 71.7 Å². The monoisotopic (exact) mass is 161 g/mol. The summed E-state index contributed by atoms with van der Waals surface area (Å²) in [6.07, 6.45) is 2.62. The van der Waals surface area contributed by atoms with Crippen molar-refractivity contribution in [1.82, 2.24) is 0 Å². The minimum absolute atomic E-state index is 0.695. The number of benzene rings is 1. The summed E-state index contributed by atoms with van der Waals surface area (Å²) in [4.78, 5) is 10.3. The van der Waals surface area contributed by atoms with Gasteiger partial charge in [-0.1, -0.05) is 12.1 Å². The lowest BCUT2D eigenvalue weighted by molar-refractivity contribution is -0.104. The molecule has 0 amide bonds. The van der Waals surface area contributed by atoms with E-state index in [-0.39, 0.29) is 0 Å². The fourth-order valence-electron chi connectivity index (χ4n) is 0.946. The van der Waals surface area contributed by atoms with E-state index < -0.39 is 0 Å². The van der Waals surface area contributed by atoms with Crippen LogP contribution in [-0.2, 0) is 4.79 Å². The molecule has 0 bridgehead atoms. The number of hydrogen-bond acceptors (Lipinski definition) is 2. The molecule has 0 aliphatic heterocycles. The molecule has 0 saturated carbocycles. The first-order valence-electron chi connectivity index (χ1n) is 3.71.